The average molecular weight is 228 g/mol. The summed E-state index contributed by atoms with van der Waals surface area (Å²) >= 11 is 0. The Labute approximate surface area is 97.8 Å². The Bertz CT molecular complexity index is 213. The molecule has 1 rings (SSSR count). The van der Waals surface area contributed by atoms with Crippen molar-refractivity contribution in [1.29, 1.82) is 0 Å². The maximum atomic E-state index is 11.0. The Morgan fingerprint density at radius 1 is 1.31 bits per heavy atom. The van der Waals surface area contributed by atoms with Crippen LogP contribution in [-0.4, -0.2) is 37.8 Å². The SMILES string of the molecule is CNC(=O)CCNCC1(CO)CCCCC1. The molecule has 0 radical (unpaired) electrons. The number of aliphatic hydroxyl groups is 1. The minimum absolute atomic E-state index is 0.0641. The molecule has 0 spiro atoms. The minimum atomic E-state index is 0.0641. The molecule has 1 aliphatic rings. The van der Waals surface area contributed by atoms with Crippen LogP contribution in [0.25, 0.3) is 0 Å². The first kappa shape index (κ1) is 13.5. The number of hydrogen-bond donors (Lipinski definition) is 3. The Morgan fingerprint density at radius 2 is 2.00 bits per heavy atom. The van der Waals surface area contributed by atoms with E-state index in [0.29, 0.717) is 13.0 Å². The number of nitrogens with one attached hydrogen (secondary N) is 2. The quantitative estimate of drug-likeness (QED) is 0.585. The van der Waals surface area contributed by atoms with E-state index in [-0.39, 0.29) is 17.9 Å². The van der Waals surface area contributed by atoms with Crippen LogP contribution < -0.4 is 10.6 Å². The molecular formula is C12H24N2O2. The molecular weight excluding hydrogens is 204 g/mol. The molecule has 0 bridgehead atoms. The largest absolute Gasteiger partial charge is 0.396 e. The Balaban J connectivity index is 2.20. The smallest absolute Gasteiger partial charge is 0.221 e. The van der Waals surface area contributed by atoms with Gasteiger partial charge in [0.1, 0.15) is 0 Å². The van der Waals surface area contributed by atoms with Crippen molar-refractivity contribution in [2.45, 2.75) is 38.5 Å². The highest BCUT2D eigenvalue weighted by Crippen LogP contribution is 2.35. The second kappa shape index (κ2) is 6.86. The van der Waals surface area contributed by atoms with Gasteiger partial charge in [-0.15, -0.1) is 0 Å². The highest BCUT2D eigenvalue weighted by Gasteiger charge is 2.30. The zero-order valence-corrected chi connectivity index (χ0v) is 10.2. The monoisotopic (exact) mass is 228 g/mol. The number of rotatable bonds is 6. The molecule has 1 fully saturated rings. The van der Waals surface area contributed by atoms with Crippen LogP contribution in [0.5, 0.6) is 0 Å². The van der Waals surface area contributed by atoms with Gasteiger partial charge in [0.25, 0.3) is 0 Å². The number of amides is 1. The van der Waals surface area contributed by atoms with Crippen molar-refractivity contribution in [3.8, 4) is 0 Å². The third kappa shape index (κ3) is 4.10. The second-order valence-electron chi connectivity index (χ2n) is 4.82. The van der Waals surface area contributed by atoms with Gasteiger partial charge in [0.15, 0.2) is 0 Å². The maximum absolute atomic E-state index is 11.0. The summed E-state index contributed by atoms with van der Waals surface area (Å²) in [5.41, 5.74) is 0.0704. The lowest BCUT2D eigenvalue weighted by Crippen LogP contribution is -2.40. The third-order valence-corrected chi connectivity index (χ3v) is 3.56. The van der Waals surface area contributed by atoms with Crippen molar-refractivity contribution in [2.24, 2.45) is 5.41 Å². The number of carbonyl (C=O) groups excluding carboxylic acids is 1. The fraction of sp³-hybridized carbons (Fsp3) is 0.917. The number of aliphatic hydroxyl groups excluding tert-OH is 1. The van der Waals surface area contributed by atoms with Crippen LogP contribution in [0.15, 0.2) is 0 Å². The lowest BCUT2D eigenvalue weighted by atomic mass is 9.74. The fourth-order valence-electron chi connectivity index (χ4n) is 2.37. The van der Waals surface area contributed by atoms with E-state index < -0.39 is 0 Å². The average Bonchev–Trinajstić information content (AvgIpc) is 2.35. The first-order valence-electron chi connectivity index (χ1n) is 6.25. The van der Waals surface area contributed by atoms with Gasteiger partial charge in [-0.05, 0) is 12.8 Å². The first-order valence-corrected chi connectivity index (χ1v) is 6.25. The number of carbonyl (C=O) groups is 1. The summed E-state index contributed by atoms with van der Waals surface area (Å²) < 4.78 is 0. The molecule has 94 valence electrons. The molecule has 0 saturated heterocycles. The van der Waals surface area contributed by atoms with Gasteiger partial charge in [-0.3, -0.25) is 4.79 Å². The molecule has 16 heavy (non-hydrogen) atoms. The van der Waals surface area contributed by atoms with E-state index in [9.17, 15) is 9.90 Å². The van der Waals surface area contributed by atoms with E-state index in [0.717, 1.165) is 19.4 Å². The lowest BCUT2D eigenvalue weighted by molar-refractivity contribution is -0.120. The van der Waals surface area contributed by atoms with Gasteiger partial charge in [0.2, 0.25) is 5.91 Å². The van der Waals surface area contributed by atoms with Crippen LogP contribution in [0.3, 0.4) is 0 Å². The third-order valence-electron chi connectivity index (χ3n) is 3.56. The molecule has 1 amide bonds. The van der Waals surface area contributed by atoms with Crippen LogP contribution in [0, 0.1) is 5.41 Å². The summed E-state index contributed by atoms with van der Waals surface area (Å²) in [6, 6.07) is 0. The lowest BCUT2D eigenvalue weighted by Gasteiger charge is -2.35. The fourth-order valence-corrected chi connectivity index (χ4v) is 2.37. The van der Waals surface area contributed by atoms with Crippen LogP contribution in [0.1, 0.15) is 38.5 Å². The Kier molecular flexibility index (Phi) is 5.77. The van der Waals surface area contributed by atoms with Gasteiger partial charge < -0.3 is 15.7 Å². The van der Waals surface area contributed by atoms with E-state index in [1.165, 1.54) is 19.3 Å². The van der Waals surface area contributed by atoms with Crippen LogP contribution in [-0.2, 0) is 4.79 Å². The van der Waals surface area contributed by atoms with Crippen LogP contribution in [0.4, 0.5) is 0 Å². The van der Waals surface area contributed by atoms with Gasteiger partial charge >= 0.3 is 0 Å². The summed E-state index contributed by atoms with van der Waals surface area (Å²) in [6.45, 7) is 1.79. The van der Waals surface area contributed by atoms with E-state index >= 15 is 0 Å². The number of hydrogen-bond acceptors (Lipinski definition) is 3. The van der Waals surface area contributed by atoms with Gasteiger partial charge in [-0.25, -0.2) is 0 Å². The first-order chi connectivity index (χ1) is 7.72. The molecule has 1 saturated carbocycles. The second-order valence-corrected chi connectivity index (χ2v) is 4.82. The maximum Gasteiger partial charge on any atom is 0.221 e. The molecule has 1 aliphatic carbocycles. The van der Waals surface area contributed by atoms with Gasteiger partial charge in [0.05, 0.1) is 0 Å². The summed E-state index contributed by atoms with van der Waals surface area (Å²) in [5, 5.41) is 15.4. The highest BCUT2D eigenvalue weighted by molar-refractivity contribution is 5.75. The molecule has 4 nitrogen and oxygen atoms in total. The predicted octanol–water partition coefficient (Wildman–Crippen LogP) is 0.655. The summed E-state index contributed by atoms with van der Waals surface area (Å²) in [6.07, 6.45) is 6.46. The summed E-state index contributed by atoms with van der Waals surface area (Å²) in [7, 11) is 1.65. The van der Waals surface area contributed by atoms with Crippen molar-refractivity contribution in [1.82, 2.24) is 10.6 Å². The topological polar surface area (TPSA) is 61.4 Å². The van der Waals surface area contributed by atoms with E-state index in [1.54, 1.807) is 7.05 Å². The van der Waals surface area contributed by atoms with Crippen molar-refractivity contribution >= 4 is 5.91 Å². The van der Waals surface area contributed by atoms with Crippen molar-refractivity contribution in [3.63, 3.8) is 0 Å². The van der Waals surface area contributed by atoms with Crippen molar-refractivity contribution in [3.05, 3.63) is 0 Å². The van der Waals surface area contributed by atoms with E-state index in [2.05, 4.69) is 10.6 Å². The zero-order valence-electron chi connectivity index (χ0n) is 10.2. The van der Waals surface area contributed by atoms with E-state index in [1.807, 2.05) is 0 Å². The van der Waals surface area contributed by atoms with Gasteiger partial charge in [0, 0.05) is 38.6 Å². The molecule has 0 aromatic rings. The van der Waals surface area contributed by atoms with Gasteiger partial charge in [-0.2, -0.15) is 0 Å². The zero-order chi connectivity index (χ0) is 11.9. The molecule has 0 heterocycles. The Hall–Kier alpha value is -0.610. The molecule has 0 aromatic carbocycles. The van der Waals surface area contributed by atoms with Crippen LogP contribution >= 0.6 is 0 Å². The molecule has 3 N–H and O–H groups in total. The predicted molar refractivity (Wildman–Crippen MR) is 64.2 cm³/mol. The standard InChI is InChI=1S/C12H24N2O2/c1-13-11(16)5-8-14-9-12(10-15)6-3-2-4-7-12/h14-15H,2-10H2,1H3,(H,13,16). The minimum Gasteiger partial charge on any atom is -0.396 e. The molecule has 0 unspecified atom stereocenters. The summed E-state index contributed by atoms with van der Waals surface area (Å²) in [5.74, 6) is 0.0641. The van der Waals surface area contributed by atoms with Crippen molar-refractivity contribution in [2.75, 3.05) is 26.7 Å². The Morgan fingerprint density at radius 3 is 2.56 bits per heavy atom. The van der Waals surface area contributed by atoms with Crippen LogP contribution in [0.2, 0.25) is 0 Å². The van der Waals surface area contributed by atoms with E-state index in [4.69, 9.17) is 0 Å². The highest BCUT2D eigenvalue weighted by atomic mass is 16.3. The molecule has 0 aliphatic heterocycles. The van der Waals surface area contributed by atoms with Gasteiger partial charge in [-0.1, -0.05) is 19.3 Å². The normalized spacial score (nSPS) is 19.4. The molecule has 4 heteroatoms. The molecule has 0 aromatic heterocycles. The van der Waals surface area contributed by atoms with Crippen molar-refractivity contribution < 1.29 is 9.90 Å². The summed E-state index contributed by atoms with van der Waals surface area (Å²) in [4.78, 5) is 11.0. The molecule has 0 atom stereocenters.